The summed E-state index contributed by atoms with van der Waals surface area (Å²) in [5.41, 5.74) is 5.34. The van der Waals surface area contributed by atoms with E-state index >= 15 is 0 Å². The molecule has 0 aromatic carbocycles. The van der Waals surface area contributed by atoms with Gasteiger partial charge >= 0.3 is 0 Å². The third kappa shape index (κ3) is 2.33. The van der Waals surface area contributed by atoms with Crippen LogP contribution < -0.4 is 5.73 Å². The number of hydrogen-bond acceptors (Lipinski definition) is 2. The number of ketones is 1. The normalized spacial score (nSPS) is 25.9. The number of rotatable bonds is 1. The van der Waals surface area contributed by atoms with Gasteiger partial charge in [-0.1, -0.05) is 0 Å². The Bertz CT molecular complexity index is 105. The topological polar surface area (TPSA) is 43.1 Å². The van der Waals surface area contributed by atoms with E-state index in [9.17, 15) is 4.79 Å². The molecule has 1 atom stereocenters. The number of Topliss-reactive ketones (excluding diaryl/α,β-unsaturated/α-hetero) is 1. The van der Waals surface area contributed by atoms with Crippen LogP contribution in [0.25, 0.3) is 0 Å². The molecule has 0 aliphatic heterocycles. The Morgan fingerprint density at radius 1 is 1.67 bits per heavy atom. The van der Waals surface area contributed by atoms with E-state index in [-0.39, 0.29) is 12.4 Å². The van der Waals surface area contributed by atoms with Gasteiger partial charge in [-0.2, -0.15) is 0 Å². The summed E-state index contributed by atoms with van der Waals surface area (Å²) in [7, 11) is 0. The zero-order valence-corrected chi connectivity index (χ0v) is 6.12. The summed E-state index contributed by atoms with van der Waals surface area (Å²) in [5, 5.41) is 0. The summed E-state index contributed by atoms with van der Waals surface area (Å²) in [6.07, 6.45) is 2.52. The molecule has 0 spiro atoms. The van der Waals surface area contributed by atoms with Crippen molar-refractivity contribution >= 4 is 18.2 Å². The molecule has 1 unspecified atom stereocenters. The molecule has 3 heteroatoms. The van der Waals surface area contributed by atoms with Crippen LogP contribution in [0.4, 0.5) is 0 Å². The minimum absolute atomic E-state index is 0. The van der Waals surface area contributed by atoms with Crippen LogP contribution in [0, 0.1) is 5.92 Å². The van der Waals surface area contributed by atoms with E-state index in [1.165, 1.54) is 0 Å². The van der Waals surface area contributed by atoms with E-state index in [4.69, 9.17) is 5.73 Å². The highest BCUT2D eigenvalue weighted by Gasteiger charge is 2.19. The van der Waals surface area contributed by atoms with Crippen molar-refractivity contribution in [3.05, 3.63) is 0 Å². The first-order valence-electron chi connectivity index (χ1n) is 3.04. The lowest BCUT2D eigenvalue weighted by atomic mass is 10.1. The maximum atomic E-state index is 10.6. The Kier molecular flexibility index (Phi) is 3.82. The first kappa shape index (κ1) is 8.92. The SMILES string of the molecule is Cl.NCC1CCC(=O)C1. The van der Waals surface area contributed by atoms with Crippen molar-refractivity contribution in [2.24, 2.45) is 11.7 Å². The molecule has 0 bridgehead atoms. The summed E-state index contributed by atoms with van der Waals surface area (Å²) >= 11 is 0. The molecule has 1 aliphatic carbocycles. The van der Waals surface area contributed by atoms with Crippen LogP contribution in [-0.2, 0) is 4.79 Å². The average Bonchev–Trinajstić information content (AvgIpc) is 2.14. The summed E-state index contributed by atoms with van der Waals surface area (Å²) in [6.45, 7) is 0.686. The minimum Gasteiger partial charge on any atom is -0.330 e. The number of hydrogen-bond donors (Lipinski definition) is 1. The van der Waals surface area contributed by atoms with E-state index in [1.54, 1.807) is 0 Å². The standard InChI is InChI=1S/C6H11NO.ClH/c7-4-5-1-2-6(8)3-5;/h5H,1-4,7H2;1H. The molecule has 2 nitrogen and oxygen atoms in total. The van der Waals surface area contributed by atoms with Crippen molar-refractivity contribution in [3.63, 3.8) is 0 Å². The van der Waals surface area contributed by atoms with E-state index < -0.39 is 0 Å². The van der Waals surface area contributed by atoms with Gasteiger partial charge in [-0.25, -0.2) is 0 Å². The van der Waals surface area contributed by atoms with Crippen molar-refractivity contribution in [1.82, 2.24) is 0 Å². The summed E-state index contributed by atoms with van der Waals surface area (Å²) in [5.74, 6) is 0.892. The Hall–Kier alpha value is -0.0800. The molecule has 1 aliphatic rings. The van der Waals surface area contributed by atoms with Gasteiger partial charge in [-0.15, -0.1) is 12.4 Å². The molecule has 1 saturated carbocycles. The molecule has 1 fully saturated rings. The van der Waals surface area contributed by atoms with Crippen LogP contribution >= 0.6 is 12.4 Å². The fraction of sp³-hybridized carbons (Fsp3) is 0.833. The highest BCUT2D eigenvalue weighted by molar-refractivity contribution is 5.85. The zero-order chi connectivity index (χ0) is 5.98. The lowest BCUT2D eigenvalue weighted by Gasteiger charge is -1.98. The monoisotopic (exact) mass is 149 g/mol. The van der Waals surface area contributed by atoms with E-state index in [2.05, 4.69) is 0 Å². The molecule has 0 radical (unpaired) electrons. The van der Waals surface area contributed by atoms with Gasteiger partial charge in [0.05, 0.1) is 0 Å². The van der Waals surface area contributed by atoms with E-state index in [0.717, 1.165) is 19.3 Å². The summed E-state index contributed by atoms with van der Waals surface area (Å²) in [6, 6.07) is 0. The lowest BCUT2D eigenvalue weighted by Crippen LogP contribution is -2.10. The first-order chi connectivity index (χ1) is 3.83. The van der Waals surface area contributed by atoms with Crippen LogP contribution in [0.5, 0.6) is 0 Å². The maximum Gasteiger partial charge on any atom is 0.133 e. The predicted molar refractivity (Wildman–Crippen MR) is 38.7 cm³/mol. The molecule has 9 heavy (non-hydrogen) atoms. The maximum absolute atomic E-state index is 10.6. The number of nitrogens with two attached hydrogens (primary N) is 1. The van der Waals surface area contributed by atoms with Gasteiger partial charge in [0.2, 0.25) is 0 Å². The van der Waals surface area contributed by atoms with Gasteiger partial charge in [0, 0.05) is 12.8 Å². The Balaban J connectivity index is 0.000000640. The molecule has 0 aromatic rings. The van der Waals surface area contributed by atoms with Gasteiger partial charge in [-0.3, -0.25) is 4.79 Å². The highest BCUT2D eigenvalue weighted by atomic mass is 35.5. The van der Waals surface area contributed by atoms with Gasteiger partial charge < -0.3 is 5.73 Å². The second-order valence-corrected chi connectivity index (χ2v) is 2.38. The zero-order valence-electron chi connectivity index (χ0n) is 5.30. The average molecular weight is 150 g/mol. The van der Waals surface area contributed by atoms with Gasteiger partial charge in [0.1, 0.15) is 5.78 Å². The summed E-state index contributed by atoms with van der Waals surface area (Å²) in [4.78, 5) is 10.6. The second-order valence-electron chi connectivity index (χ2n) is 2.38. The van der Waals surface area contributed by atoms with E-state index in [0.29, 0.717) is 18.2 Å². The van der Waals surface area contributed by atoms with E-state index in [1.807, 2.05) is 0 Å². The number of carbonyl (C=O) groups excluding carboxylic acids is 1. The van der Waals surface area contributed by atoms with Crippen molar-refractivity contribution in [2.45, 2.75) is 19.3 Å². The quantitative estimate of drug-likeness (QED) is 0.598. The van der Waals surface area contributed by atoms with Gasteiger partial charge in [0.25, 0.3) is 0 Å². The van der Waals surface area contributed by atoms with Crippen LogP contribution in [0.3, 0.4) is 0 Å². The molecule has 0 heterocycles. The van der Waals surface area contributed by atoms with Crippen LogP contribution in [-0.4, -0.2) is 12.3 Å². The third-order valence-corrected chi connectivity index (χ3v) is 1.68. The van der Waals surface area contributed by atoms with Crippen molar-refractivity contribution in [2.75, 3.05) is 6.54 Å². The van der Waals surface area contributed by atoms with Crippen molar-refractivity contribution in [1.29, 1.82) is 0 Å². The van der Waals surface area contributed by atoms with Crippen LogP contribution in [0.1, 0.15) is 19.3 Å². The predicted octanol–water partition coefficient (Wildman–Crippen LogP) is 0.736. The molecule has 0 amide bonds. The van der Waals surface area contributed by atoms with Gasteiger partial charge in [0.15, 0.2) is 0 Å². The first-order valence-corrected chi connectivity index (χ1v) is 3.04. The molecular weight excluding hydrogens is 138 g/mol. The van der Waals surface area contributed by atoms with Gasteiger partial charge in [-0.05, 0) is 18.9 Å². The fourth-order valence-electron chi connectivity index (χ4n) is 1.09. The molecule has 0 saturated heterocycles. The molecule has 54 valence electrons. The molecule has 0 aromatic heterocycles. The number of halogens is 1. The number of carbonyl (C=O) groups is 1. The smallest absolute Gasteiger partial charge is 0.133 e. The Labute approximate surface area is 61.2 Å². The van der Waals surface area contributed by atoms with Crippen molar-refractivity contribution < 1.29 is 4.79 Å². The highest BCUT2D eigenvalue weighted by Crippen LogP contribution is 2.19. The Morgan fingerprint density at radius 2 is 2.33 bits per heavy atom. The lowest BCUT2D eigenvalue weighted by molar-refractivity contribution is -0.117. The van der Waals surface area contributed by atoms with Crippen LogP contribution in [0.15, 0.2) is 0 Å². The molecule has 1 rings (SSSR count). The molecular formula is C6H12ClNO. The van der Waals surface area contributed by atoms with Crippen LogP contribution in [0.2, 0.25) is 0 Å². The fourth-order valence-corrected chi connectivity index (χ4v) is 1.09. The minimum atomic E-state index is 0. The Morgan fingerprint density at radius 3 is 2.56 bits per heavy atom. The largest absolute Gasteiger partial charge is 0.330 e. The second kappa shape index (κ2) is 3.85. The molecule has 2 N–H and O–H groups in total. The third-order valence-electron chi connectivity index (χ3n) is 1.68. The summed E-state index contributed by atoms with van der Waals surface area (Å²) < 4.78 is 0. The van der Waals surface area contributed by atoms with Crippen molar-refractivity contribution in [3.8, 4) is 0 Å².